The van der Waals surface area contributed by atoms with Crippen LogP contribution in [0.4, 0.5) is 4.79 Å². The van der Waals surface area contributed by atoms with Gasteiger partial charge >= 0.3 is 12.0 Å². The number of carbonyl (C=O) groups is 2. The first kappa shape index (κ1) is 15.3. The fraction of sp³-hybridized carbons (Fsp3) is 0.643. The van der Waals surface area contributed by atoms with E-state index in [1.54, 1.807) is 15.8 Å². The maximum absolute atomic E-state index is 12.1. The predicted molar refractivity (Wildman–Crippen MR) is 76.8 cm³/mol. The van der Waals surface area contributed by atoms with Gasteiger partial charge in [0.2, 0.25) is 0 Å². The van der Waals surface area contributed by atoms with E-state index in [0.717, 1.165) is 6.42 Å². The Kier molecular flexibility index (Phi) is 4.82. The molecular weight excluding hydrogens is 272 g/mol. The summed E-state index contributed by atoms with van der Waals surface area (Å²) in [5.41, 5.74) is -0.770. The van der Waals surface area contributed by atoms with Crippen molar-refractivity contribution in [1.29, 1.82) is 0 Å². The first-order valence-electron chi connectivity index (χ1n) is 7.31. The number of aliphatic carboxylic acids is 1. The molecule has 0 bridgehead atoms. The third-order valence-corrected chi connectivity index (χ3v) is 4.00. The van der Waals surface area contributed by atoms with Crippen molar-refractivity contribution in [3.8, 4) is 0 Å². The molecule has 1 atom stereocenters. The van der Waals surface area contributed by atoms with Gasteiger partial charge in [-0.3, -0.25) is 9.48 Å². The number of aromatic nitrogens is 2. The second kappa shape index (κ2) is 6.60. The van der Waals surface area contributed by atoms with Gasteiger partial charge in [0, 0.05) is 32.0 Å². The Balaban J connectivity index is 1.82. The van der Waals surface area contributed by atoms with Crippen molar-refractivity contribution in [2.24, 2.45) is 5.41 Å². The van der Waals surface area contributed by atoms with Gasteiger partial charge in [0.05, 0.1) is 12.0 Å². The first-order valence-corrected chi connectivity index (χ1v) is 7.31. The second-order valence-corrected chi connectivity index (χ2v) is 5.51. The van der Waals surface area contributed by atoms with Crippen LogP contribution in [-0.4, -0.2) is 51.4 Å². The van der Waals surface area contributed by atoms with Crippen molar-refractivity contribution in [2.45, 2.75) is 32.7 Å². The van der Waals surface area contributed by atoms with E-state index in [4.69, 9.17) is 0 Å². The average molecular weight is 294 g/mol. The van der Waals surface area contributed by atoms with Gasteiger partial charge in [-0.1, -0.05) is 13.3 Å². The van der Waals surface area contributed by atoms with Crippen molar-refractivity contribution in [3.63, 3.8) is 0 Å². The average Bonchev–Trinajstić information content (AvgIpc) is 3.09. The lowest BCUT2D eigenvalue weighted by Gasteiger charge is -2.24. The lowest BCUT2D eigenvalue weighted by Crippen LogP contribution is -2.42. The molecule has 2 N–H and O–H groups in total. The van der Waals surface area contributed by atoms with Crippen LogP contribution in [0.15, 0.2) is 18.5 Å². The Morgan fingerprint density at radius 1 is 1.48 bits per heavy atom. The van der Waals surface area contributed by atoms with Crippen LogP contribution in [0.2, 0.25) is 0 Å². The van der Waals surface area contributed by atoms with E-state index in [1.165, 1.54) is 0 Å². The number of carbonyl (C=O) groups excluding carboxylic acids is 1. The molecule has 1 aromatic rings. The van der Waals surface area contributed by atoms with Gasteiger partial charge in [0.15, 0.2) is 0 Å². The van der Waals surface area contributed by atoms with Crippen molar-refractivity contribution >= 4 is 12.0 Å². The fourth-order valence-corrected chi connectivity index (χ4v) is 2.83. The van der Waals surface area contributed by atoms with Crippen molar-refractivity contribution in [2.75, 3.05) is 19.6 Å². The minimum absolute atomic E-state index is 0.193. The highest BCUT2D eigenvalue weighted by atomic mass is 16.4. The van der Waals surface area contributed by atoms with Gasteiger partial charge in [-0.2, -0.15) is 5.10 Å². The number of likely N-dealkylation sites (tertiary alicyclic amines) is 1. The van der Waals surface area contributed by atoms with E-state index >= 15 is 0 Å². The van der Waals surface area contributed by atoms with Gasteiger partial charge in [0.1, 0.15) is 0 Å². The molecule has 2 rings (SSSR count). The van der Waals surface area contributed by atoms with Gasteiger partial charge in [0.25, 0.3) is 0 Å². The maximum atomic E-state index is 12.1. The lowest BCUT2D eigenvalue weighted by molar-refractivity contribution is -0.148. The molecule has 2 amide bonds. The smallest absolute Gasteiger partial charge is 0.317 e. The molecule has 2 heterocycles. The summed E-state index contributed by atoms with van der Waals surface area (Å²) in [5.74, 6) is -0.795. The van der Waals surface area contributed by atoms with Crippen LogP contribution < -0.4 is 5.32 Å². The largest absolute Gasteiger partial charge is 0.481 e. The van der Waals surface area contributed by atoms with Crippen LogP contribution in [-0.2, 0) is 11.3 Å². The summed E-state index contributed by atoms with van der Waals surface area (Å²) >= 11 is 0. The Hall–Kier alpha value is -2.05. The molecular formula is C14H22N4O3. The monoisotopic (exact) mass is 294 g/mol. The summed E-state index contributed by atoms with van der Waals surface area (Å²) < 4.78 is 1.74. The number of hydrogen-bond acceptors (Lipinski definition) is 3. The number of carboxylic acid groups (broad SMARTS) is 1. The molecule has 7 heteroatoms. The van der Waals surface area contributed by atoms with E-state index in [1.807, 2.05) is 19.2 Å². The quantitative estimate of drug-likeness (QED) is 0.824. The van der Waals surface area contributed by atoms with E-state index in [9.17, 15) is 14.7 Å². The SMILES string of the molecule is CCCC1(C(=O)O)CCN(C(=O)NCCn2cccn2)C1. The number of amides is 2. The number of hydrogen-bond donors (Lipinski definition) is 2. The summed E-state index contributed by atoms with van der Waals surface area (Å²) in [6.45, 7) is 3.84. The summed E-state index contributed by atoms with van der Waals surface area (Å²) in [6, 6.07) is 1.63. The predicted octanol–water partition coefficient (Wildman–Crippen LogP) is 1.17. The molecule has 1 aliphatic rings. The molecule has 1 saturated heterocycles. The number of urea groups is 1. The normalized spacial score (nSPS) is 21.5. The van der Waals surface area contributed by atoms with E-state index in [0.29, 0.717) is 39.0 Å². The number of nitrogens with one attached hydrogen (secondary N) is 1. The molecule has 21 heavy (non-hydrogen) atoms. The molecule has 1 unspecified atom stereocenters. The third-order valence-electron chi connectivity index (χ3n) is 4.00. The summed E-state index contributed by atoms with van der Waals surface area (Å²) in [4.78, 5) is 25.2. The topological polar surface area (TPSA) is 87.5 Å². The Morgan fingerprint density at radius 2 is 2.29 bits per heavy atom. The highest BCUT2D eigenvalue weighted by Gasteiger charge is 2.45. The zero-order valence-electron chi connectivity index (χ0n) is 12.3. The first-order chi connectivity index (χ1) is 10.1. The maximum Gasteiger partial charge on any atom is 0.317 e. The van der Waals surface area contributed by atoms with Crippen LogP contribution in [0.3, 0.4) is 0 Å². The zero-order chi connectivity index (χ0) is 15.3. The number of carboxylic acids is 1. The zero-order valence-corrected chi connectivity index (χ0v) is 12.3. The van der Waals surface area contributed by atoms with Crippen LogP contribution in [0.1, 0.15) is 26.2 Å². The Morgan fingerprint density at radius 3 is 2.90 bits per heavy atom. The molecule has 7 nitrogen and oxygen atoms in total. The molecule has 1 aliphatic heterocycles. The summed E-state index contributed by atoms with van der Waals surface area (Å²) in [5, 5.41) is 16.3. The lowest BCUT2D eigenvalue weighted by atomic mass is 9.83. The van der Waals surface area contributed by atoms with Gasteiger partial charge < -0.3 is 15.3 Å². The Labute approximate surface area is 123 Å². The van der Waals surface area contributed by atoms with Crippen molar-refractivity contribution in [1.82, 2.24) is 20.0 Å². The molecule has 0 aromatic carbocycles. The Bertz CT molecular complexity index is 488. The molecule has 0 saturated carbocycles. The standard InChI is InChI=1S/C14H22N4O3/c1-2-4-14(12(19)20)5-9-17(11-14)13(21)15-7-10-18-8-3-6-16-18/h3,6,8H,2,4-5,7,9-11H2,1H3,(H,15,21)(H,19,20). The molecule has 1 aromatic heterocycles. The fourth-order valence-electron chi connectivity index (χ4n) is 2.83. The molecule has 1 fully saturated rings. The van der Waals surface area contributed by atoms with Crippen LogP contribution >= 0.6 is 0 Å². The van der Waals surface area contributed by atoms with Gasteiger partial charge in [-0.15, -0.1) is 0 Å². The van der Waals surface area contributed by atoms with Crippen LogP contribution in [0, 0.1) is 5.41 Å². The minimum Gasteiger partial charge on any atom is -0.481 e. The van der Waals surface area contributed by atoms with Gasteiger partial charge in [-0.05, 0) is 18.9 Å². The number of rotatable bonds is 6. The highest BCUT2D eigenvalue weighted by molar-refractivity contribution is 5.79. The van der Waals surface area contributed by atoms with Crippen molar-refractivity contribution in [3.05, 3.63) is 18.5 Å². The number of nitrogens with zero attached hydrogens (tertiary/aromatic N) is 3. The molecule has 0 aliphatic carbocycles. The molecule has 116 valence electrons. The van der Waals surface area contributed by atoms with Crippen LogP contribution in [0.25, 0.3) is 0 Å². The molecule has 0 radical (unpaired) electrons. The minimum atomic E-state index is -0.795. The van der Waals surface area contributed by atoms with Crippen LogP contribution in [0.5, 0.6) is 0 Å². The van der Waals surface area contributed by atoms with E-state index < -0.39 is 11.4 Å². The highest BCUT2D eigenvalue weighted by Crippen LogP contribution is 2.35. The summed E-state index contributed by atoms with van der Waals surface area (Å²) in [7, 11) is 0. The molecule has 0 spiro atoms. The van der Waals surface area contributed by atoms with E-state index in [2.05, 4.69) is 10.4 Å². The summed E-state index contributed by atoms with van der Waals surface area (Å²) in [6.07, 6.45) is 5.47. The van der Waals surface area contributed by atoms with E-state index in [-0.39, 0.29) is 6.03 Å². The third kappa shape index (κ3) is 3.53. The second-order valence-electron chi connectivity index (χ2n) is 5.51. The van der Waals surface area contributed by atoms with Gasteiger partial charge in [-0.25, -0.2) is 4.79 Å². The van der Waals surface area contributed by atoms with Crippen molar-refractivity contribution < 1.29 is 14.7 Å².